The first-order chi connectivity index (χ1) is 8.34. The van der Waals surface area contributed by atoms with Gasteiger partial charge in [0.2, 0.25) is 0 Å². The maximum absolute atomic E-state index is 5.95. The van der Waals surface area contributed by atoms with Gasteiger partial charge in [0.25, 0.3) is 0 Å². The van der Waals surface area contributed by atoms with E-state index in [1.165, 1.54) is 0 Å². The van der Waals surface area contributed by atoms with Crippen LogP contribution in [0, 0.1) is 0 Å². The normalized spacial score (nSPS) is 19.6. The van der Waals surface area contributed by atoms with E-state index < -0.39 is 0 Å². The Morgan fingerprint density at radius 1 is 1.29 bits per heavy atom. The van der Waals surface area contributed by atoms with Gasteiger partial charge in [0.1, 0.15) is 0 Å². The topological polar surface area (TPSA) is 60.2 Å². The van der Waals surface area contributed by atoms with Crippen molar-refractivity contribution < 1.29 is 4.74 Å². The number of hydrogen-bond donors (Lipinski definition) is 2. The lowest BCUT2D eigenvalue weighted by molar-refractivity contribution is 0.195. The molecule has 0 spiro atoms. The average Bonchev–Trinajstić information content (AvgIpc) is 2.86. The summed E-state index contributed by atoms with van der Waals surface area (Å²) >= 11 is 0. The van der Waals surface area contributed by atoms with Crippen LogP contribution in [-0.4, -0.2) is 24.2 Å². The van der Waals surface area contributed by atoms with Crippen molar-refractivity contribution in [3.8, 4) is 0 Å². The van der Waals surface area contributed by atoms with E-state index in [1.807, 2.05) is 24.4 Å². The fourth-order valence-electron chi connectivity index (χ4n) is 2.21. The molecule has 1 saturated heterocycles. The van der Waals surface area contributed by atoms with Crippen molar-refractivity contribution in [1.29, 1.82) is 0 Å². The summed E-state index contributed by atoms with van der Waals surface area (Å²) in [5.41, 5.74) is 7.82. The zero-order chi connectivity index (χ0) is 11.7. The van der Waals surface area contributed by atoms with Crippen LogP contribution in [0.15, 0.2) is 30.6 Å². The molecule has 4 heteroatoms. The molecule has 1 fully saturated rings. The monoisotopic (exact) mass is 229 g/mol. The summed E-state index contributed by atoms with van der Waals surface area (Å²) in [7, 11) is 0. The average molecular weight is 229 g/mol. The number of rotatable bonds is 2. The van der Waals surface area contributed by atoms with Gasteiger partial charge in [-0.25, -0.2) is 0 Å². The highest BCUT2D eigenvalue weighted by Crippen LogP contribution is 2.28. The number of nitrogens with zero attached hydrogens (tertiary/aromatic N) is 1. The van der Waals surface area contributed by atoms with Crippen LogP contribution >= 0.6 is 0 Å². The molecule has 1 aromatic carbocycles. The van der Waals surface area contributed by atoms with Crippen molar-refractivity contribution in [2.24, 2.45) is 0 Å². The molecular weight excluding hydrogens is 214 g/mol. The van der Waals surface area contributed by atoms with Gasteiger partial charge in [0, 0.05) is 41.1 Å². The minimum absolute atomic E-state index is 0.391. The quantitative estimate of drug-likeness (QED) is 0.773. The molecule has 1 aromatic heterocycles. The van der Waals surface area contributed by atoms with Crippen LogP contribution in [0.2, 0.25) is 0 Å². The number of nitrogens with two attached hydrogens (primary N) is 1. The molecule has 0 aliphatic carbocycles. The van der Waals surface area contributed by atoms with E-state index in [2.05, 4.69) is 10.3 Å². The van der Waals surface area contributed by atoms with Crippen molar-refractivity contribution in [2.75, 3.05) is 24.3 Å². The Labute approximate surface area is 99.8 Å². The molecular formula is C13H15N3O. The van der Waals surface area contributed by atoms with Gasteiger partial charge in [-0.2, -0.15) is 0 Å². The van der Waals surface area contributed by atoms with Crippen molar-refractivity contribution >= 4 is 22.1 Å². The minimum atomic E-state index is 0.391. The predicted octanol–water partition coefficient (Wildman–Crippen LogP) is 2.02. The number of hydrogen-bond acceptors (Lipinski definition) is 4. The van der Waals surface area contributed by atoms with Gasteiger partial charge in [-0.05, 0) is 24.6 Å². The highest BCUT2D eigenvalue weighted by atomic mass is 16.5. The number of nitrogen functional groups attached to an aromatic ring is 1. The summed E-state index contributed by atoms with van der Waals surface area (Å²) in [5.74, 6) is 0. The second-order valence-corrected chi connectivity index (χ2v) is 4.33. The first-order valence-electron chi connectivity index (χ1n) is 5.81. The van der Waals surface area contributed by atoms with Crippen molar-refractivity contribution in [2.45, 2.75) is 12.5 Å². The van der Waals surface area contributed by atoms with Crippen molar-refractivity contribution in [1.82, 2.24) is 4.98 Å². The first-order valence-corrected chi connectivity index (χ1v) is 5.81. The Morgan fingerprint density at radius 3 is 3.06 bits per heavy atom. The van der Waals surface area contributed by atoms with Gasteiger partial charge in [-0.15, -0.1) is 0 Å². The number of ether oxygens (including phenoxy) is 1. The molecule has 0 bridgehead atoms. The molecule has 4 nitrogen and oxygen atoms in total. The summed E-state index contributed by atoms with van der Waals surface area (Å²) in [4.78, 5) is 4.16. The number of fused-ring (bicyclic) bond motifs is 1. The second kappa shape index (κ2) is 4.22. The van der Waals surface area contributed by atoms with Crippen LogP contribution in [0.5, 0.6) is 0 Å². The summed E-state index contributed by atoms with van der Waals surface area (Å²) in [6.07, 6.45) is 4.66. The van der Waals surface area contributed by atoms with E-state index in [0.717, 1.165) is 41.8 Å². The lowest BCUT2D eigenvalue weighted by Gasteiger charge is -2.15. The van der Waals surface area contributed by atoms with E-state index in [-0.39, 0.29) is 0 Å². The Kier molecular flexibility index (Phi) is 2.57. The smallest absolute Gasteiger partial charge is 0.0668 e. The number of nitrogens with one attached hydrogen (secondary N) is 1. The van der Waals surface area contributed by atoms with Crippen LogP contribution in [0.1, 0.15) is 6.42 Å². The van der Waals surface area contributed by atoms with Gasteiger partial charge in [0.05, 0.1) is 12.6 Å². The molecule has 2 heterocycles. The molecule has 0 amide bonds. The van der Waals surface area contributed by atoms with Crippen LogP contribution in [0.3, 0.4) is 0 Å². The molecule has 88 valence electrons. The molecule has 3 rings (SSSR count). The number of benzene rings is 1. The van der Waals surface area contributed by atoms with E-state index in [9.17, 15) is 0 Å². The summed E-state index contributed by atoms with van der Waals surface area (Å²) in [6, 6.07) is 6.28. The molecule has 0 saturated carbocycles. The Hall–Kier alpha value is -1.81. The number of pyridine rings is 1. The zero-order valence-electron chi connectivity index (χ0n) is 9.52. The maximum Gasteiger partial charge on any atom is 0.0668 e. The summed E-state index contributed by atoms with van der Waals surface area (Å²) in [6.45, 7) is 1.61. The molecule has 17 heavy (non-hydrogen) atoms. The largest absolute Gasteiger partial charge is 0.398 e. The molecule has 2 aromatic rings. The maximum atomic E-state index is 5.95. The fourth-order valence-corrected chi connectivity index (χ4v) is 2.21. The lowest BCUT2D eigenvalue weighted by Crippen LogP contribution is -2.19. The Bertz CT molecular complexity index is 535. The molecule has 1 unspecified atom stereocenters. The zero-order valence-corrected chi connectivity index (χ0v) is 9.52. The molecule has 1 atom stereocenters. The van der Waals surface area contributed by atoms with Gasteiger partial charge in [-0.3, -0.25) is 4.98 Å². The molecule has 3 N–H and O–H groups in total. The molecule has 1 aliphatic rings. The van der Waals surface area contributed by atoms with Gasteiger partial charge >= 0.3 is 0 Å². The van der Waals surface area contributed by atoms with Gasteiger partial charge < -0.3 is 15.8 Å². The number of anilines is 2. The molecule has 0 radical (unpaired) electrons. The van der Waals surface area contributed by atoms with E-state index >= 15 is 0 Å². The molecule has 1 aliphatic heterocycles. The number of aromatic nitrogens is 1. The minimum Gasteiger partial charge on any atom is -0.398 e. The van der Waals surface area contributed by atoms with E-state index in [4.69, 9.17) is 10.5 Å². The van der Waals surface area contributed by atoms with Crippen LogP contribution in [0.25, 0.3) is 10.8 Å². The highest BCUT2D eigenvalue weighted by molar-refractivity contribution is 6.00. The van der Waals surface area contributed by atoms with Crippen LogP contribution in [0.4, 0.5) is 11.4 Å². The summed E-state index contributed by atoms with van der Waals surface area (Å²) < 4.78 is 5.36. The fraction of sp³-hybridized carbons (Fsp3) is 0.308. The van der Waals surface area contributed by atoms with Gasteiger partial charge in [-0.1, -0.05) is 0 Å². The standard InChI is InChI=1S/C13H15N3O/c14-12-1-2-13(16-9-4-6-17-8-9)11-7-15-5-3-10(11)12/h1-3,5,7,9,16H,4,6,8,14H2. The first kappa shape index (κ1) is 10.4. The SMILES string of the molecule is Nc1ccc(NC2CCOC2)c2cnccc12. The Morgan fingerprint density at radius 2 is 2.24 bits per heavy atom. The van der Waals surface area contributed by atoms with Gasteiger partial charge in [0.15, 0.2) is 0 Å². The van der Waals surface area contributed by atoms with Crippen LogP contribution in [-0.2, 0) is 4.74 Å². The van der Waals surface area contributed by atoms with Crippen molar-refractivity contribution in [3.05, 3.63) is 30.6 Å². The van der Waals surface area contributed by atoms with Crippen molar-refractivity contribution in [3.63, 3.8) is 0 Å². The summed E-state index contributed by atoms with van der Waals surface area (Å²) in [5, 5.41) is 5.60. The highest BCUT2D eigenvalue weighted by Gasteiger charge is 2.16. The van der Waals surface area contributed by atoms with E-state index in [1.54, 1.807) is 6.20 Å². The third kappa shape index (κ3) is 1.91. The van der Waals surface area contributed by atoms with Crippen LogP contribution < -0.4 is 11.1 Å². The third-order valence-electron chi connectivity index (χ3n) is 3.14. The third-order valence-corrected chi connectivity index (χ3v) is 3.14. The predicted molar refractivity (Wildman–Crippen MR) is 69.0 cm³/mol. The Balaban J connectivity index is 2.01. The second-order valence-electron chi connectivity index (χ2n) is 4.33. The van der Waals surface area contributed by atoms with E-state index in [0.29, 0.717) is 6.04 Å². The lowest BCUT2D eigenvalue weighted by atomic mass is 10.1.